The highest BCUT2D eigenvalue weighted by Crippen LogP contribution is 1.93. The number of nitrogens with one attached hydrogen (secondary N) is 1. The zero-order chi connectivity index (χ0) is 7.82. The van der Waals surface area contributed by atoms with Gasteiger partial charge >= 0.3 is 0 Å². The van der Waals surface area contributed by atoms with Gasteiger partial charge in [-0.2, -0.15) is 0 Å². The Hall–Kier alpha value is -0.150. The van der Waals surface area contributed by atoms with Crippen molar-refractivity contribution >= 4 is 0 Å². The Labute approximate surface area is 61.4 Å². The van der Waals surface area contributed by atoms with Crippen LogP contribution in [0, 0.1) is 0 Å². The smallest absolute Gasteiger partial charge is 0.102 e. The number of halogens is 1. The van der Waals surface area contributed by atoms with E-state index in [1.54, 1.807) is 0 Å². The zero-order valence-electron chi connectivity index (χ0n) is 6.44. The van der Waals surface area contributed by atoms with Crippen LogP contribution in [0.1, 0.15) is 19.8 Å². The van der Waals surface area contributed by atoms with Gasteiger partial charge in [-0.3, -0.25) is 0 Å². The van der Waals surface area contributed by atoms with Gasteiger partial charge in [-0.15, -0.1) is 0 Å². The Kier molecular flexibility index (Phi) is 6.86. The van der Waals surface area contributed by atoms with Crippen LogP contribution in [0.5, 0.6) is 0 Å². The van der Waals surface area contributed by atoms with E-state index in [1.807, 2.05) is 6.92 Å². The fourth-order valence-electron chi connectivity index (χ4n) is 0.665. The Morgan fingerprint density at radius 2 is 2.20 bits per heavy atom. The number of aliphatic hydroxyl groups excluding tert-OH is 1. The highest BCUT2D eigenvalue weighted by molar-refractivity contribution is 4.54. The van der Waals surface area contributed by atoms with Crippen molar-refractivity contribution in [1.29, 1.82) is 0 Å². The molecule has 0 aromatic rings. The van der Waals surface area contributed by atoms with Crippen LogP contribution in [0.3, 0.4) is 0 Å². The predicted octanol–water partition coefficient (Wildman–Crippen LogP) is 0.707. The van der Waals surface area contributed by atoms with Gasteiger partial charge in [0.2, 0.25) is 0 Å². The van der Waals surface area contributed by atoms with E-state index in [1.165, 1.54) is 0 Å². The average Bonchev–Trinajstić information content (AvgIpc) is 1.98. The molecule has 0 aliphatic rings. The van der Waals surface area contributed by atoms with Gasteiger partial charge in [0.25, 0.3) is 0 Å². The summed E-state index contributed by atoms with van der Waals surface area (Å²) in [4.78, 5) is 0. The summed E-state index contributed by atoms with van der Waals surface area (Å²) >= 11 is 0. The maximum Gasteiger partial charge on any atom is 0.102 e. The predicted molar refractivity (Wildman–Crippen MR) is 39.8 cm³/mol. The van der Waals surface area contributed by atoms with Gasteiger partial charge < -0.3 is 10.4 Å². The summed E-state index contributed by atoms with van der Waals surface area (Å²) in [6, 6.07) is 0. The van der Waals surface area contributed by atoms with Crippen molar-refractivity contribution in [2.45, 2.75) is 25.9 Å². The third-order valence-corrected chi connectivity index (χ3v) is 1.40. The van der Waals surface area contributed by atoms with Gasteiger partial charge in [0, 0.05) is 6.54 Å². The molecule has 0 aromatic carbocycles. The summed E-state index contributed by atoms with van der Waals surface area (Å²) < 4.78 is 11.5. The number of rotatable bonds is 6. The van der Waals surface area contributed by atoms with Crippen LogP contribution in [0.15, 0.2) is 0 Å². The molecule has 0 amide bonds. The van der Waals surface area contributed by atoms with Gasteiger partial charge in [0.1, 0.15) is 6.67 Å². The second-order valence-electron chi connectivity index (χ2n) is 2.29. The minimum Gasteiger partial charge on any atom is -0.393 e. The molecule has 3 heteroatoms. The van der Waals surface area contributed by atoms with Crippen LogP contribution in [-0.4, -0.2) is 31.0 Å². The fraction of sp³-hybridized carbons (Fsp3) is 1.00. The first-order valence-corrected chi connectivity index (χ1v) is 3.76. The van der Waals surface area contributed by atoms with E-state index in [9.17, 15) is 4.39 Å². The normalized spacial score (nSPS) is 13.5. The number of aliphatic hydroxyl groups is 1. The molecule has 2 nitrogen and oxygen atoms in total. The third kappa shape index (κ3) is 5.98. The Morgan fingerprint density at radius 1 is 1.50 bits per heavy atom. The summed E-state index contributed by atoms with van der Waals surface area (Å²) in [5.41, 5.74) is 0. The second kappa shape index (κ2) is 6.96. The van der Waals surface area contributed by atoms with E-state index in [4.69, 9.17) is 5.11 Å². The largest absolute Gasteiger partial charge is 0.393 e. The van der Waals surface area contributed by atoms with Crippen LogP contribution in [0.25, 0.3) is 0 Å². The highest BCUT2D eigenvalue weighted by Gasteiger charge is 1.97. The van der Waals surface area contributed by atoms with Crippen LogP contribution in [0.4, 0.5) is 4.39 Å². The summed E-state index contributed by atoms with van der Waals surface area (Å²) in [7, 11) is 0. The van der Waals surface area contributed by atoms with Crippen LogP contribution < -0.4 is 5.32 Å². The van der Waals surface area contributed by atoms with Crippen molar-refractivity contribution in [3.05, 3.63) is 0 Å². The maximum absolute atomic E-state index is 11.5. The summed E-state index contributed by atoms with van der Waals surface area (Å²) in [5.74, 6) is 0. The SMILES string of the molecule is CCC(O)CCNCCF. The van der Waals surface area contributed by atoms with Gasteiger partial charge in [-0.25, -0.2) is 4.39 Å². The van der Waals surface area contributed by atoms with E-state index in [0.717, 1.165) is 12.8 Å². The molecule has 0 fully saturated rings. The lowest BCUT2D eigenvalue weighted by atomic mass is 10.2. The van der Waals surface area contributed by atoms with Crippen molar-refractivity contribution in [3.8, 4) is 0 Å². The molecule has 62 valence electrons. The first-order valence-electron chi connectivity index (χ1n) is 3.76. The molecule has 2 N–H and O–H groups in total. The molecule has 0 heterocycles. The Morgan fingerprint density at radius 3 is 2.70 bits per heavy atom. The van der Waals surface area contributed by atoms with Crippen molar-refractivity contribution < 1.29 is 9.50 Å². The number of hydrogen-bond acceptors (Lipinski definition) is 2. The Bertz CT molecular complexity index is 70.6. The van der Waals surface area contributed by atoms with Crippen LogP contribution >= 0.6 is 0 Å². The highest BCUT2D eigenvalue weighted by atomic mass is 19.1. The van der Waals surface area contributed by atoms with Gasteiger partial charge in [-0.1, -0.05) is 6.92 Å². The van der Waals surface area contributed by atoms with E-state index in [2.05, 4.69) is 5.32 Å². The maximum atomic E-state index is 11.5. The number of hydrogen-bond donors (Lipinski definition) is 2. The molecule has 0 bridgehead atoms. The molecule has 0 radical (unpaired) electrons. The first-order chi connectivity index (χ1) is 4.81. The van der Waals surface area contributed by atoms with Gasteiger partial charge in [0.05, 0.1) is 6.10 Å². The summed E-state index contributed by atoms with van der Waals surface area (Å²) in [6.45, 7) is 2.71. The van der Waals surface area contributed by atoms with Gasteiger partial charge in [-0.05, 0) is 19.4 Å². The van der Waals surface area contributed by atoms with E-state index in [0.29, 0.717) is 13.1 Å². The average molecular weight is 149 g/mol. The number of alkyl halides is 1. The quantitative estimate of drug-likeness (QED) is 0.545. The lowest BCUT2D eigenvalue weighted by Gasteiger charge is -2.06. The summed E-state index contributed by atoms with van der Waals surface area (Å²) in [5, 5.41) is 11.9. The van der Waals surface area contributed by atoms with E-state index < -0.39 is 0 Å². The molecule has 0 spiro atoms. The molecule has 0 rings (SSSR count). The molecule has 0 aromatic heterocycles. The minimum atomic E-state index is -0.331. The minimum absolute atomic E-state index is 0.230. The molecule has 0 saturated carbocycles. The van der Waals surface area contributed by atoms with E-state index in [-0.39, 0.29) is 12.8 Å². The van der Waals surface area contributed by atoms with Gasteiger partial charge in [0.15, 0.2) is 0 Å². The molecule has 0 aliphatic heterocycles. The Balaban J connectivity index is 2.89. The molecular weight excluding hydrogens is 133 g/mol. The molecule has 1 unspecified atom stereocenters. The molecule has 1 atom stereocenters. The standard InChI is InChI=1S/C7H16FNO/c1-2-7(10)3-5-9-6-4-8/h7,9-10H,2-6H2,1H3. The zero-order valence-corrected chi connectivity index (χ0v) is 6.44. The monoisotopic (exact) mass is 149 g/mol. The fourth-order valence-corrected chi connectivity index (χ4v) is 0.665. The van der Waals surface area contributed by atoms with Crippen LogP contribution in [0.2, 0.25) is 0 Å². The topological polar surface area (TPSA) is 32.3 Å². The summed E-state index contributed by atoms with van der Waals surface area (Å²) in [6.07, 6.45) is 1.26. The second-order valence-corrected chi connectivity index (χ2v) is 2.29. The third-order valence-electron chi connectivity index (χ3n) is 1.40. The molecular formula is C7H16FNO. The first kappa shape index (κ1) is 9.85. The molecule has 0 aliphatic carbocycles. The van der Waals surface area contributed by atoms with Crippen LogP contribution in [-0.2, 0) is 0 Å². The van der Waals surface area contributed by atoms with E-state index >= 15 is 0 Å². The molecule has 10 heavy (non-hydrogen) atoms. The van der Waals surface area contributed by atoms with Crippen molar-refractivity contribution in [1.82, 2.24) is 5.32 Å². The molecule has 0 saturated heterocycles. The van der Waals surface area contributed by atoms with Crippen molar-refractivity contribution in [3.63, 3.8) is 0 Å². The lowest BCUT2D eigenvalue weighted by molar-refractivity contribution is 0.159. The van der Waals surface area contributed by atoms with Crippen molar-refractivity contribution in [2.75, 3.05) is 19.8 Å². The lowest BCUT2D eigenvalue weighted by Crippen LogP contribution is -2.21. The van der Waals surface area contributed by atoms with Crippen molar-refractivity contribution in [2.24, 2.45) is 0 Å².